The second kappa shape index (κ2) is 10.4. The van der Waals surface area contributed by atoms with Gasteiger partial charge in [0.15, 0.2) is 0 Å². The fourth-order valence-electron chi connectivity index (χ4n) is 4.53. The molecule has 1 unspecified atom stereocenters. The molecule has 0 saturated heterocycles. The Kier molecular flexibility index (Phi) is 6.74. The number of hydrogen-bond acceptors (Lipinski definition) is 9. The van der Waals surface area contributed by atoms with Gasteiger partial charge >= 0.3 is 0 Å². The predicted octanol–water partition coefficient (Wildman–Crippen LogP) is 5.08. The van der Waals surface area contributed by atoms with Crippen molar-refractivity contribution in [3.63, 3.8) is 0 Å². The van der Waals surface area contributed by atoms with Crippen molar-refractivity contribution in [2.45, 2.75) is 12.6 Å². The lowest BCUT2D eigenvalue weighted by Crippen LogP contribution is -2.21. The number of nitrogens with one attached hydrogen (secondary N) is 1. The largest absolute Gasteiger partial charge is 0.340 e. The van der Waals surface area contributed by atoms with Gasteiger partial charge in [0.1, 0.15) is 32.8 Å². The zero-order chi connectivity index (χ0) is 27.9. The average molecular weight is 574 g/mol. The third-order valence-electron chi connectivity index (χ3n) is 6.39. The van der Waals surface area contributed by atoms with Gasteiger partial charge in [-0.15, -0.1) is 11.3 Å². The van der Waals surface area contributed by atoms with Crippen LogP contribution in [0.4, 0.5) is 15.9 Å². The number of nitrogens with zero attached hydrogens (tertiary/aromatic N) is 5. The Balaban J connectivity index is 1.27. The van der Waals surface area contributed by atoms with Crippen LogP contribution in [0, 0.1) is 5.82 Å². The molecular formula is C28H24FN7O2S2. The van der Waals surface area contributed by atoms with E-state index in [9.17, 15) is 12.8 Å². The number of rotatable bonds is 8. The standard InChI is InChI=1S/C28H24FN7O2S2/c1-40(37,38)15-23(30)25-14-39-28(35-25)18-5-7-24-22(11-18)27(32-16-31-24)34-21-6-8-26-19(10-21)12-33-36(26)13-17-3-2-4-20(29)9-17/h2-12,14,16,23H,13,15,30H2,1H3,(H,31,32,34). The van der Waals surface area contributed by atoms with Crippen molar-refractivity contribution in [1.29, 1.82) is 0 Å². The number of fused-ring (bicyclic) bond motifs is 2. The Morgan fingerprint density at radius 3 is 2.80 bits per heavy atom. The SMILES string of the molecule is CS(=O)(=O)CC(N)c1csc(-c2ccc3ncnc(Nc4ccc5c(cnn5Cc5cccc(F)c5)c4)c3c2)n1. The summed E-state index contributed by atoms with van der Waals surface area (Å²) in [5, 5.41) is 12.1. The zero-order valence-corrected chi connectivity index (χ0v) is 23.0. The van der Waals surface area contributed by atoms with Crippen LogP contribution >= 0.6 is 11.3 Å². The molecule has 0 bridgehead atoms. The highest BCUT2D eigenvalue weighted by Crippen LogP contribution is 2.32. The smallest absolute Gasteiger partial charge is 0.149 e. The lowest BCUT2D eigenvalue weighted by Gasteiger charge is -2.10. The first kappa shape index (κ1) is 26.0. The molecule has 0 amide bonds. The molecule has 9 nitrogen and oxygen atoms in total. The molecule has 0 saturated carbocycles. The molecule has 12 heteroatoms. The van der Waals surface area contributed by atoms with E-state index in [-0.39, 0.29) is 11.6 Å². The van der Waals surface area contributed by atoms with Crippen LogP contribution in [-0.4, -0.2) is 45.2 Å². The Morgan fingerprint density at radius 1 is 1.10 bits per heavy atom. The van der Waals surface area contributed by atoms with Crippen molar-refractivity contribution in [3.05, 3.63) is 95.6 Å². The Hall–Kier alpha value is -4.26. The Labute approximate surface area is 233 Å². The van der Waals surface area contributed by atoms with Gasteiger partial charge in [-0.2, -0.15) is 5.10 Å². The van der Waals surface area contributed by atoms with E-state index in [1.807, 2.05) is 47.1 Å². The van der Waals surface area contributed by atoms with Crippen LogP contribution < -0.4 is 11.1 Å². The van der Waals surface area contributed by atoms with Crippen LogP contribution in [-0.2, 0) is 16.4 Å². The molecule has 6 aromatic rings. The van der Waals surface area contributed by atoms with E-state index in [0.717, 1.165) is 49.9 Å². The van der Waals surface area contributed by atoms with Crippen molar-refractivity contribution >= 4 is 54.5 Å². The second-order valence-electron chi connectivity index (χ2n) is 9.56. The summed E-state index contributed by atoms with van der Waals surface area (Å²) in [6, 6.07) is 17.5. The summed E-state index contributed by atoms with van der Waals surface area (Å²) in [5.74, 6) is 0.194. The van der Waals surface area contributed by atoms with Crippen molar-refractivity contribution in [2.75, 3.05) is 17.3 Å². The monoisotopic (exact) mass is 573 g/mol. The molecule has 3 heterocycles. The van der Waals surface area contributed by atoms with Crippen molar-refractivity contribution in [3.8, 4) is 10.6 Å². The second-order valence-corrected chi connectivity index (χ2v) is 12.6. The number of halogens is 1. The van der Waals surface area contributed by atoms with Gasteiger partial charge in [0.25, 0.3) is 0 Å². The maximum atomic E-state index is 13.6. The topological polar surface area (TPSA) is 129 Å². The maximum absolute atomic E-state index is 13.6. The molecule has 0 aliphatic rings. The van der Waals surface area contributed by atoms with E-state index >= 15 is 0 Å². The van der Waals surface area contributed by atoms with E-state index in [4.69, 9.17) is 5.73 Å². The molecule has 0 aliphatic heterocycles. The number of sulfone groups is 1. The summed E-state index contributed by atoms with van der Waals surface area (Å²) in [7, 11) is -3.22. The van der Waals surface area contributed by atoms with Gasteiger partial charge in [-0.25, -0.2) is 27.8 Å². The average Bonchev–Trinajstić information content (AvgIpc) is 3.56. The summed E-state index contributed by atoms with van der Waals surface area (Å²) in [5.41, 5.74) is 10.8. The van der Waals surface area contributed by atoms with Crippen molar-refractivity contribution in [2.24, 2.45) is 5.73 Å². The van der Waals surface area contributed by atoms with Crippen LogP contribution in [0.2, 0.25) is 0 Å². The van der Waals surface area contributed by atoms with Crippen molar-refractivity contribution in [1.82, 2.24) is 24.7 Å². The first-order valence-electron chi connectivity index (χ1n) is 12.3. The number of thiazole rings is 1. The molecule has 0 spiro atoms. The molecule has 3 N–H and O–H groups in total. The summed E-state index contributed by atoms with van der Waals surface area (Å²) < 4.78 is 38.7. The Morgan fingerprint density at radius 2 is 1.98 bits per heavy atom. The molecule has 40 heavy (non-hydrogen) atoms. The minimum Gasteiger partial charge on any atom is -0.340 e. The number of anilines is 2. The highest BCUT2D eigenvalue weighted by Gasteiger charge is 2.17. The molecule has 0 fully saturated rings. The van der Waals surface area contributed by atoms with Gasteiger partial charge in [0.2, 0.25) is 0 Å². The summed E-state index contributed by atoms with van der Waals surface area (Å²) in [6.45, 7) is 0.463. The third kappa shape index (κ3) is 5.55. The lowest BCUT2D eigenvalue weighted by molar-refractivity contribution is 0.593. The fourth-order valence-corrected chi connectivity index (χ4v) is 6.23. The van der Waals surface area contributed by atoms with Crippen LogP contribution in [0.1, 0.15) is 17.3 Å². The third-order valence-corrected chi connectivity index (χ3v) is 8.27. The quantitative estimate of drug-likeness (QED) is 0.258. The van der Waals surface area contributed by atoms with Crippen molar-refractivity contribution < 1.29 is 12.8 Å². The first-order chi connectivity index (χ1) is 19.2. The minimum absolute atomic E-state index is 0.163. The van der Waals surface area contributed by atoms with Crippen LogP contribution in [0.3, 0.4) is 0 Å². The number of benzene rings is 3. The van der Waals surface area contributed by atoms with Crippen LogP contribution in [0.5, 0.6) is 0 Å². The minimum atomic E-state index is -3.22. The normalized spacial score (nSPS) is 12.7. The summed E-state index contributed by atoms with van der Waals surface area (Å²) >= 11 is 1.40. The first-order valence-corrected chi connectivity index (χ1v) is 15.3. The highest BCUT2D eigenvalue weighted by atomic mass is 32.2. The molecule has 3 aromatic heterocycles. The van der Waals surface area contributed by atoms with E-state index in [2.05, 4.69) is 25.4 Å². The lowest BCUT2D eigenvalue weighted by atomic mass is 10.1. The molecule has 0 aliphatic carbocycles. The molecule has 6 rings (SSSR count). The number of nitrogens with two attached hydrogens (primary N) is 1. The van der Waals surface area contributed by atoms with E-state index in [1.54, 1.807) is 17.6 Å². The van der Waals surface area contributed by atoms with Crippen LogP contribution in [0.25, 0.3) is 32.4 Å². The maximum Gasteiger partial charge on any atom is 0.149 e. The van der Waals surface area contributed by atoms with Gasteiger partial charge in [0.05, 0.1) is 41.3 Å². The summed E-state index contributed by atoms with van der Waals surface area (Å²) in [4.78, 5) is 13.5. The molecule has 1 atom stereocenters. The fraction of sp³-hybridized carbons (Fsp3) is 0.143. The molecule has 3 aromatic carbocycles. The van der Waals surface area contributed by atoms with E-state index in [1.165, 1.54) is 29.8 Å². The van der Waals surface area contributed by atoms with Gasteiger partial charge < -0.3 is 11.1 Å². The predicted molar refractivity (Wildman–Crippen MR) is 156 cm³/mol. The molecular weight excluding hydrogens is 549 g/mol. The van der Waals surface area contributed by atoms with E-state index < -0.39 is 15.9 Å². The molecule has 0 radical (unpaired) electrons. The van der Waals surface area contributed by atoms with E-state index in [0.29, 0.717) is 18.1 Å². The van der Waals surface area contributed by atoms with Gasteiger partial charge in [-0.05, 0) is 54.1 Å². The van der Waals surface area contributed by atoms with Gasteiger partial charge in [0, 0.05) is 33.7 Å². The zero-order valence-electron chi connectivity index (χ0n) is 21.3. The number of hydrogen-bond donors (Lipinski definition) is 2. The van der Waals surface area contributed by atoms with Crippen LogP contribution in [0.15, 0.2) is 78.6 Å². The van der Waals surface area contributed by atoms with Gasteiger partial charge in [-0.3, -0.25) is 4.68 Å². The summed E-state index contributed by atoms with van der Waals surface area (Å²) in [6.07, 6.45) is 4.45. The molecule has 202 valence electrons. The van der Waals surface area contributed by atoms with Gasteiger partial charge in [-0.1, -0.05) is 12.1 Å². The number of aromatic nitrogens is 5. The Bertz CT molecular complexity index is 1970. The highest BCUT2D eigenvalue weighted by molar-refractivity contribution is 7.90.